The molecule has 0 heterocycles. The lowest BCUT2D eigenvalue weighted by Gasteiger charge is -2.07. The Kier molecular flexibility index (Phi) is 4.23. The van der Waals surface area contributed by atoms with Gasteiger partial charge in [0.15, 0.2) is 0 Å². The van der Waals surface area contributed by atoms with Crippen molar-refractivity contribution in [3.8, 4) is 5.75 Å². The van der Waals surface area contributed by atoms with Crippen LogP contribution in [0.1, 0.15) is 10.4 Å². The van der Waals surface area contributed by atoms with Gasteiger partial charge < -0.3 is 10.4 Å². The molecule has 0 aliphatic heterocycles. The largest absolute Gasteiger partial charge is 0.507 e. The summed E-state index contributed by atoms with van der Waals surface area (Å²) in [7, 11) is 0. The van der Waals surface area contributed by atoms with Crippen molar-refractivity contribution < 1.29 is 9.90 Å². The van der Waals surface area contributed by atoms with E-state index in [0.717, 1.165) is 8.04 Å². The first kappa shape index (κ1) is 13.4. The number of nitrogens with one attached hydrogen (secondary N) is 1. The summed E-state index contributed by atoms with van der Waals surface area (Å²) in [6, 6.07) is 12.2. The Balaban J connectivity index is 2.24. The molecule has 0 unspecified atom stereocenters. The van der Waals surface area contributed by atoms with E-state index in [-0.39, 0.29) is 17.2 Å². The number of halogens is 2. The van der Waals surface area contributed by atoms with Gasteiger partial charge in [-0.1, -0.05) is 22.0 Å². The van der Waals surface area contributed by atoms with E-state index in [2.05, 4.69) is 43.8 Å². The number of carbonyl (C=O) groups is 1. The molecule has 0 radical (unpaired) electrons. The van der Waals surface area contributed by atoms with Crippen LogP contribution in [0.2, 0.25) is 0 Å². The fourth-order valence-electron chi connectivity index (χ4n) is 1.45. The molecule has 0 saturated heterocycles. The van der Waals surface area contributed by atoms with Gasteiger partial charge in [-0.05, 0) is 59.0 Å². The van der Waals surface area contributed by atoms with E-state index in [9.17, 15) is 9.90 Å². The Labute approximate surface area is 126 Å². The zero-order valence-electron chi connectivity index (χ0n) is 9.15. The number of hydrogen-bond acceptors (Lipinski definition) is 2. The molecule has 0 aliphatic carbocycles. The average Bonchev–Trinajstić information content (AvgIpc) is 2.32. The van der Waals surface area contributed by atoms with Crippen LogP contribution in [0.4, 0.5) is 5.69 Å². The van der Waals surface area contributed by atoms with Gasteiger partial charge in [0.25, 0.3) is 5.91 Å². The Hall–Kier alpha value is -1.08. The molecule has 0 atom stereocenters. The minimum Gasteiger partial charge on any atom is -0.507 e. The zero-order valence-corrected chi connectivity index (χ0v) is 12.9. The Bertz CT molecular complexity index is 601. The van der Waals surface area contributed by atoms with Crippen molar-refractivity contribution in [2.75, 3.05) is 5.32 Å². The van der Waals surface area contributed by atoms with Crippen LogP contribution >= 0.6 is 38.5 Å². The molecule has 0 aromatic heterocycles. The summed E-state index contributed by atoms with van der Waals surface area (Å²) in [6.07, 6.45) is 0. The quantitative estimate of drug-likeness (QED) is 0.725. The second kappa shape index (κ2) is 5.71. The molecule has 92 valence electrons. The lowest BCUT2D eigenvalue weighted by atomic mass is 10.2. The van der Waals surface area contributed by atoms with Crippen LogP contribution in [0.5, 0.6) is 5.75 Å². The SMILES string of the molecule is O=C(Nc1cccc(Br)c1)c1cc(I)ccc1O. The maximum Gasteiger partial charge on any atom is 0.259 e. The summed E-state index contributed by atoms with van der Waals surface area (Å²) in [6.45, 7) is 0. The van der Waals surface area contributed by atoms with Crippen molar-refractivity contribution in [2.45, 2.75) is 0 Å². The van der Waals surface area contributed by atoms with Crippen LogP contribution in [0.25, 0.3) is 0 Å². The molecule has 1 amide bonds. The second-order valence-corrected chi connectivity index (χ2v) is 5.79. The van der Waals surface area contributed by atoms with Crippen LogP contribution in [-0.2, 0) is 0 Å². The molecule has 2 N–H and O–H groups in total. The van der Waals surface area contributed by atoms with Crippen molar-refractivity contribution in [1.29, 1.82) is 0 Å². The van der Waals surface area contributed by atoms with E-state index in [0.29, 0.717) is 5.69 Å². The average molecular weight is 418 g/mol. The van der Waals surface area contributed by atoms with Crippen molar-refractivity contribution in [2.24, 2.45) is 0 Å². The topological polar surface area (TPSA) is 49.3 Å². The van der Waals surface area contributed by atoms with Crippen LogP contribution in [0, 0.1) is 3.57 Å². The van der Waals surface area contributed by atoms with Gasteiger partial charge in [-0.2, -0.15) is 0 Å². The number of aromatic hydroxyl groups is 1. The third-order valence-corrected chi connectivity index (χ3v) is 3.45. The number of rotatable bonds is 2. The molecule has 2 rings (SSSR count). The predicted octanol–water partition coefficient (Wildman–Crippen LogP) is 4.01. The van der Waals surface area contributed by atoms with Gasteiger partial charge in [-0.25, -0.2) is 0 Å². The van der Waals surface area contributed by atoms with Crippen molar-refractivity contribution in [3.63, 3.8) is 0 Å². The number of benzene rings is 2. The lowest BCUT2D eigenvalue weighted by molar-refractivity contribution is 0.102. The molecule has 18 heavy (non-hydrogen) atoms. The highest BCUT2D eigenvalue weighted by molar-refractivity contribution is 14.1. The Morgan fingerprint density at radius 2 is 2.00 bits per heavy atom. The molecular formula is C13H9BrINO2. The van der Waals surface area contributed by atoms with Gasteiger partial charge in [-0.3, -0.25) is 4.79 Å². The number of phenols is 1. The minimum absolute atomic E-state index is 0.0251. The Morgan fingerprint density at radius 1 is 1.22 bits per heavy atom. The van der Waals surface area contributed by atoms with E-state index >= 15 is 0 Å². The van der Waals surface area contributed by atoms with E-state index in [4.69, 9.17) is 0 Å². The van der Waals surface area contributed by atoms with Gasteiger partial charge in [0.2, 0.25) is 0 Å². The number of anilines is 1. The monoisotopic (exact) mass is 417 g/mol. The number of hydrogen-bond donors (Lipinski definition) is 2. The van der Waals surface area contributed by atoms with E-state index in [1.807, 2.05) is 12.1 Å². The maximum absolute atomic E-state index is 12.0. The van der Waals surface area contributed by atoms with Crippen LogP contribution in [0.3, 0.4) is 0 Å². The molecule has 0 aliphatic rings. The smallest absolute Gasteiger partial charge is 0.259 e. The van der Waals surface area contributed by atoms with Crippen molar-refractivity contribution >= 4 is 50.1 Å². The first-order chi connectivity index (χ1) is 8.56. The fourth-order valence-corrected chi connectivity index (χ4v) is 2.35. The van der Waals surface area contributed by atoms with Crippen molar-refractivity contribution in [3.05, 3.63) is 56.1 Å². The van der Waals surface area contributed by atoms with Gasteiger partial charge in [0.1, 0.15) is 5.75 Å². The number of carbonyl (C=O) groups excluding carboxylic acids is 1. The van der Waals surface area contributed by atoms with Gasteiger partial charge in [-0.15, -0.1) is 0 Å². The third-order valence-electron chi connectivity index (χ3n) is 2.29. The molecule has 2 aromatic rings. The highest BCUT2D eigenvalue weighted by Gasteiger charge is 2.11. The fraction of sp³-hybridized carbons (Fsp3) is 0. The first-order valence-corrected chi connectivity index (χ1v) is 6.99. The van der Waals surface area contributed by atoms with Crippen LogP contribution < -0.4 is 5.32 Å². The molecule has 2 aromatic carbocycles. The molecule has 0 saturated carbocycles. The highest BCUT2D eigenvalue weighted by Crippen LogP contribution is 2.22. The standard InChI is InChI=1S/C13H9BrINO2/c14-8-2-1-3-10(6-8)16-13(18)11-7-9(15)4-5-12(11)17/h1-7,17H,(H,16,18). The van der Waals surface area contributed by atoms with Crippen LogP contribution in [0.15, 0.2) is 46.9 Å². The summed E-state index contributed by atoms with van der Waals surface area (Å²) < 4.78 is 1.77. The van der Waals surface area contributed by atoms with E-state index < -0.39 is 0 Å². The molecule has 5 heteroatoms. The summed E-state index contributed by atoms with van der Waals surface area (Å²) in [5.74, 6) is -0.355. The van der Waals surface area contributed by atoms with Crippen LogP contribution in [-0.4, -0.2) is 11.0 Å². The second-order valence-electron chi connectivity index (χ2n) is 3.63. The number of phenolic OH excluding ortho intramolecular Hbond substituents is 1. The highest BCUT2D eigenvalue weighted by atomic mass is 127. The van der Waals surface area contributed by atoms with Gasteiger partial charge in [0.05, 0.1) is 5.56 Å². The summed E-state index contributed by atoms with van der Waals surface area (Å²) in [4.78, 5) is 12.0. The van der Waals surface area contributed by atoms with E-state index in [1.165, 1.54) is 6.07 Å². The first-order valence-electron chi connectivity index (χ1n) is 5.12. The minimum atomic E-state index is -0.330. The summed E-state index contributed by atoms with van der Waals surface area (Å²) >= 11 is 5.43. The molecule has 0 fully saturated rings. The third kappa shape index (κ3) is 3.23. The molecular weight excluding hydrogens is 409 g/mol. The molecule has 3 nitrogen and oxygen atoms in total. The van der Waals surface area contributed by atoms with Crippen molar-refractivity contribution in [1.82, 2.24) is 0 Å². The maximum atomic E-state index is 12.0. The zero-order chi connectivity index (χ0) is 13.1. The molecule has 0 bridgehead atoms. The molecule has 0 spiro atoms. The lowest BCUT2D eigenvalue weighted by Crippen LogP contribution is -2.12. The normalized spacial score (nSPS) is 10.1. The summed E-state index contributed by atoms with van der Waals surface area (Å²) in [5, 5.41) is 12.4. The predicted molar refractivity (Wildman–Crippen MR) is 82.9 cm³/mol. The van der Waals surface area contributed by atoms with Gasteiger partial charge >= 0.3 is 0 Å². The van der Waals surface area contributed by atoms with Gasteiger partial charge in [0, 0.05) is 13.7 Å². The Morgan fingerprint density at radius 3 is 2.72 bits per heavy atom. The number of amides is 1. The van der Waals surface area contributed by atoms with E-state index in [1.54, 1.807) is 24.3 Å². The summed E-state index contributed by atoms with van der Waals surface area (Å²) in [5.41, 5.74) is 0.939.